The second kappa shape index (κ2) is 6.15. The summed E-state index contributed by atoms with van der Waals surface area (Å²) in [6, 6.07) is 21.4. The van der Waals surface area contributed by atoms with Crippen LogP contribution in [0.3, 0.4) is 0 Å². The monoisotopic (exact) mass is 350 g/mol. The van der Waals surface area contributed by atoms with Crippen molar-refractivity contribution < 1.29 is 9.90 Å². The number of para-hydroxylation sites is 1. The summed E-state index contributed by atoms with van der Waals surface area (Å²) in [6.07, 6.45) is -0.385. The lowest BCUT2D eigenvalue weighted by atomic mass is 10.0. The maximum Gasteiger partial charge on any atom is 0.262 e. The summed E-state index contributed by atoms with van der Waals surface area (Å²) in [6.45, 7) is 0. The van der Waals surface area contributed by atoms with Crippen LogP contribution in [0, 0.1) is 0 Å². The molecular weight excluding hydrogens is 336 g/mol. The highest BCUT2D eigenvalue weighted by molar-refractivity contribution is 6.30. The summed E-state index contributed by atoms with van der Waals surface area (Å²) >= 11 is 5.99. The molecule has 0 bridgehead atoms. The van der Waals surface area contributed by atoms with E-state index in [9.17, 15) is 9.90 Å². The fraction of sp³-hybridized carbons (Fsp3) is 0.0500. The van der Waals surface area contributed by atoms with E-state index in [2.05, 4.69) is 5.32 Å². The average molecular weight is 351 g/mol. The Kier molecular flexibility index (Phi) is 3.82. The van der Waals surface area contributed by atoms with E-state index in [1.165, 1.54) is 0 Å². The van der Waals surface area contributed by atoms with Crippen molar-refractivity contribution in [2.75, 3.05) is 10.2 Å². The van der Waals surface area contributed by atoms with Crippen LogP contribution in [0.25, 0.3) is 0 Å². The highest BCUT2D eigenvalue weighted by Crippen LogP contribution is 2.37. The van der Waals surface area contributed by atoms with Crippen LogP contribution in [-0.4, -0.2) is 11.0 Å². The van der Waals surface area contributed by atoms with E-state index >= 15 is 0 Å². The van der Waals surface area contributed by atoms with Gasteiger partial charge in [-0.05, 0) is 54.1 Å². The quantitative estimate of drug-likeness (QED) is 0.697. The molecule has 0 aromatic heterocycles. The fourth-order valence-electron chi connectivity index (χ4n) is 3.01. The smallest absolute Gasteiger partial charge is 0.262 e. The van der Waals surface area contributed by atoms with E-state index in [1.54, 1.807) is 47.4 Å². The Balaban J connectivity index is 1.85. The molecule has 3 aromatic rings. The van der Waals surface area contributed by atoms with Crippen molar-refractivity contribution in [3.63, 3.8) is 0 Å². The van der Waals surface area contributed by atoms with Gasteiger partial charge in [0.25, 0.3) is 5.91 Å². The summed E-state index contributed by atoms with van der Waals surface area (Å²) in [5.41, 5.74) is 3.02. The molecule has 0 aliphatic carbocycles. The minimum Gasteiger partial charge on any atom is -0.508 e. The van der Waals surface area contributed by atoms with Gasteiger partial charge in [0.05, 0.1) is 5.56 Å². The Morgan fingerprint density at radius 2 is 1.60 bits per heavy atom. The molecule has 1 amide bonds. The first-order valence-corrected chi connectivity index (χ1v) is 8.25. The second-order valence-electron chi connectivity index (χ2n) is 5.84. The van der Waals surface area contributed by atoms with Gasteiger partial charge >= 0.3 is 0 Å². The number of hydrogen-bond acceptors (Lipinski definition) is 3. The van der Waals surface area contributed by atoms with Crippen molar-refractivity contribution in [1.29, 1.82) is 0 Å². The van der Waals surface area contributed by atoms with E-state index in [0.717, 1.165) is 16.9 Å². The number of amides is 1. The molecule has 1 atom stereocenters. The number of hydrogen-bond donors (Lipinski definition) is 2. The first-order valence-electron chi connectivity index (χ1n) is 7.87. The molecule has 0 saturated heterocycles. The Morgan fingerprint density at radius 1 is 0.920 bits per heavy atom. The molecule has 0 radical (unpaired) electrons. The maximum atomic E-state index is 13.2. The standard InChI is InChI=1S/C20H15ClN2O2/c21-14-7-9-15(10-8-14)23-19(13-5-11-16(24)12-6-13)22-18-4-2-1-3-17(18)20(23)25/h1-12,19,22,24H/t19-/m1/s1. The fourth-order valence-corrected chi connectivity index (χ4v) is 3.14. The lowest BCUT2D eigenvalue weighted by Crippen LogP contribution is -2.43. The van der Waals surface area contributed by atoms with E-state index in [0.29, 0.717) is 10.6 Å². The van der Waals surface area contributed by atoms with Gasteiger partial charge in [-0.2, -0.15) is 0 Å². The van der Waals surface area contributed by atoms with Crippen LogP contribution in [0.4, 0.5) is 11.4 Å². The van der Waals surface area contributed by atoms with E-state index < -0.39 is 0 Å². The number of fused-ring (bicyclic) bond motifs is 1. The number of nitrogens with zero attached hydrogens (tertiary/aromatic N) is 1. The third-order valence-electron chi connectivity index (χ3n) is 4.24. The third kappa shape index (κ3) is 2.81. The number of phenolic OH excluding ortho intramolecular Hbond substituents is 1. The van der Waals surface area contributed by atoms with E-state index in [-0.39, 0.29) is 17.8 Å². The summed E-state index contributed by atoms with van der Waals surface area (Å²) < 4.78 is 0. The molecule has 124 valence electrons. The zero-order chi connectivity index (χ0) is 17.4. The van der Waals surface area contributed by atoms with Gasteiger partial charge in [-0.3, -0.25) is 9.69 Å². The van der Waals surface area contributed by atoms with Crippen molar-refractivity contribution in [2.24, 2.45) is 0 Å². The summed E-state index contributed by atoms with van der Waals surface area (Å²) in [4.78, 5) is 14.9. The number of rotatable bonds is 2. The Labute approximate surface area is 150 Å². The number of nitrogens with one attached hydrogen (secondary N) is 1. The van der Waals surface area contributed by atoms with E-state index in [4.69, 9.17) is 11.6 Å². The Bertz CT molecular complexity index is 923. The molecule has 4 nitrogen and oxygen atoms in total. The number of aromatic hydroxyl groups is 1. The lowest BCUT2D eigenvalue weighted by Gasteiger charge is -2.38. The van der Waals surface area contributed by atoms with Crippen LogP contribution >= 0.6 is 11.6 Å². The molecule has 0 spiro atoms. The van der Waals surface area contributed by atoms with Gasteiger partial charge in [0, 0.05) is 16.4 Å². The number of phenols is 1. The molecule has 0 fully saturated rings. The summed E-state index contributed by atoms with van der Waals surface area (Å²) in [5, 5.41) is 13.6. The van der Waals surface area contributed by atoms with Crippen LogP contribution in [0.1, 0.15) is 22.1 Å². The molecule has 1 heterocycles. The average Bonchev–Trinajstić information content (AvgIpc) is 2.63. The van der Waals surface area contributed by atoms with Crippen LogP contribution < -0.4 is 10.2 Å². The first-order chi connectivity index (χ1) is 12.1. The second-order valence-corrected chi connectivity index (χ2v) is 6.27. The minimum absolute atomic E-state index is 0.0882. The van der Waals surface area contributed by atoms with Gasteiger partial charge < -0.3 is 10.4 Å². The zero-order valence-electron chi connectivity index (χ0n) is 13.2. The van der Waals surface area contributed by atoms with Gasteiger partial charge in [-0.1, -0.05) is 35.9 Å². The van der Waals surface area contributed by atoms with Crippen molar-refractivity contribution in [1.82, 2.24) is 0 Å². The number of benzene rings is 3. The molecule has 2 N–H and O–H groups in total. The minimum atomic E-state index is -0.385. The molecular formula is C20H15ClN2O2. The van der Waals surface area contributed by atoms with Gasteiger partial charge in [0.1, 0.15) is 11.9 Å². The van der Waals surface area contributed by atoms with Crippen LogP contribution in [0.2, 0.25) is 5.02 Å². The van der Waals surface area contributed by atoms with Gasteiger partial charge in [0.2, 0.25) is 0 Å². The van der Waals surface area contributed by atoms with Gasteiger partial charge in [0.15, 0.2) is 0 Å². The van der Waals surface area contributed by atoms with Crippen molar-refractivity contribution >= 4 is 28.9 Å². The predicted octanol–water partition coefficient (Wildman–Crippen LogP) is 4.82. The molecule has 4 rings (SSSR count). The normalized spacial score (nSPS) is 16.3. The molecule has 1 aliphatic rings. The number of halogens is 1. The largest absolute Gasteiger partial charge is 0.508 e. The molecule has 3 aromatic carbocycles. The van der Waals surface area contributed by atoms with Crippen LogP contribution in [0.15, 0.2) is 72.8 Å². The Morgan fingerprint density at radius 3 is 2.32 bits per heavy atom. The van der Waals surface area contributed by atoms with Crippen molar-refractivity contribution in [3.05, 3.63) is 88.9 Å². The molecule has 0 saturated carbocycles. The summed E-state index contributed by atoms with van der Waals surface area (Å²) in [5.74, 6) is 0.0964. The zero-order valence-corrected chi connectivity index (χ0v) is 13.9. The van der Waals surface area contributed by atoms with Crippen molar-refractivity contribution in [2.45, 2.75) is 6.17 Å². The predicted molar refractivity (Wildman–Crippen MR) is 99.2 cm³/mol. The van der Waals surface area contributed by atoms with Crippen LogP contribution in [-0.2, 0) is 0 Å². The highest BCUT2D eigenvalue weighted by Gasteiger charge is 2.33. The molecule has 5 heteroatoms. The highest BCUT2D eigenvalue weighted by atomic mass is 35.5. The van der Waals surface area contributed by atoms with Crippen molar-refractivity contribution in [3.8, 4) is 5.75 Å². The SMILES string of the molecule is O=C1c2ccccc2N[C@@H](c2ccc(O)cc2)N1c1ccc(Cl)cc1. The Hall–Kier alpha value is -2.98. The maximum absolute atomic E-state index is 13.2. The first kappa shape index (κ1) is 15.5. The molecule has 25 heavy (non-hydrogen) atoms. The third-order valence-corrected chi connectivity index (χ3v) is 4.49. The molecule has 0 unspecified atom stereocenters. The lowest BCUT2D eigenvalue weighted by molar-refractivity contribution is 0.0975. The van der Waals surface area contributed by atoms with E-state index in [1.807, 2.05) is 30.3 Å². The topological polar surface area (TPSA) is 52.6 Å². The van der Waals surface area contributed by atoms with Gasteiger partial charge in [-0.15, -0.1) is 0 Å². The number of carbonyl (C=O) groups is 1. The number of anilines is 2. The van der Waals surface area contributed by atoms with Gasteiger partial charge in [-0.25, -0.2) is 0 Å². The number of carbonyl (C=O) groups excluding carboxylic acids is 1. The molecule has 1 aliphatic heterocycles. The summed E-state index contributed by atoms with van der Waals surface area (Å²) in [7, 11) is 0. The van der Waals surface area contributed by atoms with Crippen LogP contribution in [0.5, 0.6) is 5.75 Å².